The first-order chi connectivity index (χ1) is 16.6. The van der Waals surface area contributed by atoms with Crippen LogP contribution in [-0.2, 0) is 20.7 Å². The zero-order chi connectivity index (χ0) is 23.9. The molecule has 1 atom stereocenters. The van der Waals surface area contributed by atoms with Gasteiger partial charge in [-0.05, 0) is 54.1 Å². The molecule has 1 heterocycles. The summed E-state index contributed by atoms with van der Waals surface area (Å²) in [6.07, 6.45) is 4.26. The second-order valence-corrected chi connectivity index (χ2v) is 9.39. The maximum Gasteiger partial charge on any atom is 0.337 e. The van der Waals surface area contributed by atoms with Crippen LogP contribution in [0.2, 0.25) is 0 Å². The predicted molar refractivity (Wildman–Crippen MR) is 133 cm³/mol. The molecular formula is C27H28N2O4S. The van der Waals surface area contributed by atoms with Gasteiger partial charge < -0.3 is 10.1 Å². The highest BCUT2D eigenvalue weighted by molar-refractivity contribution is 7.10. The Hall–Kier alpha value is -3.45. The van der Waals surface area contributed by atoms with E-state index in [4.69, 9.17) is 4.74 Å². The Balaban J connectivity index is 1.74. The van der Waals surface area contributed by atoms with E-state index in [1.165, 1.54) is 18.4 Å². The third kappa shape index (κ3) is 5.54. The number of ether oxygens (including phenoxy) is 1. The first-order valence-corrected chi connectivity index (χ1v) is 12.3. The normalized spacial score (nSPS) is 14.4. The van der Waals surface area contributed by atoms with Crippen molar-refractivity contribution in [1.29, 1.82) is 0 Å². The van der Waals surface area contributed by atoms with Crippen LogP contribution in [0, 0.1) is 0 Å². The van der Waals surface area contributed by atoms with Crippen molar-refractivity contribution in [3.63, 3.8) is 0 Å². The smallest absolute Gasteiger partial charge is 0.337 e. The summed E-state index contributed by atoms with van der Waals surface area (Å²) in [5, 5.41) is 5.11. The molecule has 6 nitrogen and oxygen atoms in total. The van der Waals surface area contributed by atoms with Gasteiger partial charge in [0.2, 0.25) is 11.8 Å². The summed E-state index contributed by atoms with van der Waals surface area (Å²) in [4.78, 5) is 41.8. The SMILES string of the molecule is COC(=O)c1ccc(N(C(=O)Cc2cccs2)[C@@H](C(=O)NC2CCCC2)c2ccccc2)cc1. The molecular weight excluding hydrogens is 448 g/mol. The van der Waals surface area contributed by atoms with Crippen molar-refractivity contribution in [1.82, 2.24) is 5.32 Å². The molecule has 1 aromatic heterocycles. The number of carbonyl (C=O) groups excluding carboxylic acids is 3. The van der Waals surface area contributed by atoms with Crippen molar-refractivity contribution in [3.8, 4) is 0 Å². The molecule has 0 spiro atoms. The Morgan fingerprint density at radius 3 is 2.32 bits per heavy atom. The maximum atomic E-state index is 13.7. The molecule has 0 saturated heterocycles. The quantitative estimate of drug-likeness (QED) is 0.469. The Kier molecular flexibility index (Phi) is 7.75. The van der Waals surface area contributed by atoms with Crippen LogP contribution in [-0.4, -0.2) is 30.9 Å². The van der Waals surface area contributed by atoms with Crippen LogP contribution in [0.25, 0.3) is 0 Å². The lowest BCUT2D eigenvalue weighted by Crippen LogP contribution is -2.46. The summed E-state index contributed by atoms with van der Waals surface area (Å²) in [5.74, 6) is -0.847. The molecule has 3 aromatic rings. The Labute approximate surface area is 203 Å². The fraction of sp³-hybridized carbons (Fsp3) is 0.296. The fourth-order valence-electron chi connectivity index (χ4n) is 4.36. The molecule has 7 heteroatoms. The zero-order valence-corrected chi connectivity index (χ0v) is 19.9. The van der Waals surface area contributed by atoms with Crippen molar-refractivity contribution in [3.05, 3.63) is 88.1 Å². The monoisotopic (exact) mass is 476 g/mol. The summed E-state index contributed by atoms with van der Waals surface area (Å²) in [5.41, 5.74) is 1.66. The van der Waals surface area contributed by atoms with E-state index in [-0.39, 0.29) is 24.3 Å². The number of thiophene rings is 1. The summed E-state index contributed by atoms with van der Waals surface area (Å²) in [6, 6.07) is 19.1. The largest absolute Gasteiger partial charge is 0.465 e. The number of anilines is 1. The molecule has 0 unspecified atom stereocenters. The number of amides is 2. The molecule has 1 fully saturated rings. The molecule has 2 amide bonds. The van der Waals surface area contributed by atoms with Gasteiger partial charge in [-0.15, -0.1) is 11.3 Å². The van der Waals surface area contributed by atoms with E-state index < -0.39 is 12.0 Å². The number of nitrogens with one attached hydrogen (secondary N) is 1. The molecule has 1 aliphatic carbocycles. The maximum absolute atomic E-state index is 13.7. The van der Waals surface area contributed by atoms with Crippen LogP contribution in [0.3, 0.4) is 0 Å². The second kappa shape index (κ2) is 11.1. The van der Waals surface area contributed by atoms with Crippen LogP contribution >= 0.6 is 11.3 Å². The summed E-state index contributed by atoms with van der Waals surface area (Å²) < 4.78 is 4.80. The highest BCUT2D eigenvalue weighted by Crippen LogP contribution is 2.30. The average molecular weight is 477 g/mol. The van der Waals surface area contributed by atoms with Crippen LogP contribution in [0.5, 0.6) is 0 Å². The van der Waals surface area contributed by atoms with Gasteiger partial charge in [0.1, 0.15) is 6.04 Å². The molecule has 4 rings (SSSR count). The van der Waals surface area contributed by atoms with Crippen LogP contribution in [0.15, 0.2) is 72.1 Å². The average Bonchev–Trinajstić information content (AvgIpc) is 3.57. The van der Waals surface area contributed by atoms with E-state index in [1.807, 2.05) is 47.8 Å². The third-order valence-corrected chi connectivity index (χ3v) is 6.94. The molecule has 1 aliphatic rings. The first-order valence-electron chi connectivity index (χ1n) is 11.4. The minimum absolute atomic E-state index is 0.120. The Morgan fingerprint density at radius 1 is 1.00 bits per heavy atom. The number of methoxy groups -OCH3 is 1. The van der Waals surface area contributed by atoms with Gasteiger partial charge in [-0.3, -0.25) is 14.5 Å². The van der Waals surface area contributed by atoms with Crippen molar-refractivity contribution >= 4 is 34.8 Å². The molecule has 1 N–H and O–H groups in total. The van der Waals surface area contributed by atoms with E-state index in [2.05, 4.69) is 5.32 Å². The lowest BCUT2D eigenvalue weighted by molar-refractivity contribution is -0.127. The van der Waals surface area contributed by atoms with Gasteiger partial charge in [0.25, 0.3) is 0 Å². The van der Waals surface area contributed by atoms with Crippen molar-refractivity contribution in [2.75, 3.05) is 12.0 Å². The fourth-order valence-corrected chi connectivity index (χ4v) is 5.06. The van der Waals surface area contributed by atoms with Gasteiger partial charge in [0.05, 0.1) is 19.1 Å². The van der Waals surface area contributed by atoms with E-state index >= 15 is 0 Å². The van der Waals surface area contributed by atoms with Crippen molar-refractivity contribution in [2.24, 2.45) is 0 Å². The number of rotatable bonds is 8. The van der Waals surface area contributed by atoms with Crippen molar-refractivity contribution in [2.45, 2.75) is 44.2 Å². The minimum atomic E-state index is -0.835. The number of nitrogens with zero attached hydrogens (tertiary/aromatic N) is 1. The summed E-state index contributed by atoms with van der Waals surface area (Å²) in [7, 11) is 1.33. The van der Waals surface area contributed by atoms with Crippen LogP contribution in [0.1, 0.15) is 52.5 Å². The van der Waals surface area contributed by atoms with Gasteiger partial charge >= 0.3 is 5.97 Å². The van der Waals surface area contributed by atoms with Gasteiger partial charge in [0, 0.05) is 16.6 Å². The van der Waals surface area contributed by atoms with E-state index in [1.54, 1.807) is 29.2 Å². The minimum Gasteiger partial charge on any atom is -0.465 e. The van der Waals surface area contributed by atoms with E-state index in [0.29, 0.717) is 11.3 Å². The summed E-state index contributed by atoms with van der Waals surface area (Å²) >= 11 is 1.51. The highest BCUT2D eigenvalue weighted by Gasteiger charge is 2.34. The number of hydrogen-bond donors (Lipinski definition) is 1. The lowest BCUT2D eigenvalue weighted by atomic mass is 10.0. The van der Waals surface area contributed by atoms with Crippen LogP contribution < -0.4 is 10.2 Å². The standard InChI is InChI=1S/C27H28N2O4S/c1-33-27(32)20-13-15-22(16-14-20)29(24(30)18-23-12-7-17-34-23)25(19-8-3-2-4-9-19)26(31)28-21-10-5-6-11-21/h2-4,7-9,12-17,21,25H,5-6,10-11,18H2,1H3,(H,28,31)/t25-/m1/s1. The van der Waals surface area contributed by atoms with Gasteiger partial charge in [0.15, 0.2) is 0 Å². The lowest BCUT2D eigenvalue weighted by Gasteiger charge is -2.32. The first kappa shape index (κ1) is 23.7. The highest BCUT2D eigenvalue weighted by atomic mass is 32.1. The molecule has 176 valence electrons. The number of hydrogen-bond acceptors (Lipinski definition) is 5. The van der Waals surface area contributed by atoms with E-state index in [9.17, 15) is 14.4 Å². The molecule has 1 saturated carbocycles. The van der Waals surface area contributed by atoms with Gasteiger partial charge in [-0.1, -0.05) is 49.2 Å². The topological polar surface area (TPSA) is 75.7 Å². The zero-order valence-electron chi connectivity index (χ0n) is 19.1. The third-order valence-electron chi connectivity index (χ3n) is 6.06. The number of carbonyl (C=O) groups is 3. The Bertz CT molecular complexity index is 1110. The van der Waals surface area contributed by atoms with Gasteiger partial charge in [-0.2, -0.15) is 0 Å². The molecule has 34 heavy (non-hydrogen) atoms. The van der Waals surface area contributed by atoms with Crippen molar-refractivity contribution < 1.29 is 19.1 Å². The molecule has 2 aromatic carbocycles. The number of benzene rings is 2. The molecule has 0 bridgehead atoms. The van der Waals surface area contributed by atoms with E-state index in [0.717, 1.165) is 36.1 Å². The van der Waals surface area contributed by atoms with Crippen LogP contribution in [0.4, 0.5) is 5.69 Å². The molecule has 0 aliphatic heterocycles. The molecule has 0 radical (unpaired) electrons. The Morgan fingerprint density at radius 2 is 1.71 bits per heavy atom. The summed E-state index contributed by atoms with van der Waals surface area (Å²) in [6.45, 7) is 0. The predicted octanol–water partition coefficient (Wildman–Crippen LogP) is 4.91. The number of esters is 1. The second-order valence-electron chi connectivity index (χ2n) is 8.36. The van der Waals surface area contributed by atoms with Gasteiger partial charge in [-0.25, -0.2) is 4.79 Å².